The van der Waals surface area contributed by atoms with Gasteiger partial charge >= 0.3 is 0 Å². The molecule has 1 N–H and O–H groups in total. The van der Waals surface area contributed by atoms with Crippen LogP contribution in [0.25, 0.3) is 22.1 Å². The molecule has 0 saturated heterocycles. The van der Waals surface area contributed by atoms with E-state index in [4.69, 9.17) is 0 Å². The Labute approximate surface area is 152 Å². The first kappa shape index (κ1) is 16.0. The van der Waals surface area contributed by atoms with E-state index >= 15 is 0 Å². The van der Waals surface area contributed by atoms with E-state index in [1.54, 1.807) is 11.3 Å². The fourth-order valence-corrected chi connectivity index (χ4v) is 3.89. The molecule has 126 valence electrons. The van der Waals surface area contributed by atoms with Crippen LogP contribution in [0.15, 0.2) is 46.9 Å². The van der Waals surface area contributed by atoms with E-state index in [2.05, 4.69) is 20.5 Å². The fraction of sp³-hybridized carbons (Fsp3) is 0.176. The van der Waals surface area contributed by atoms with Crippen LogP contribution >= 0.6 is 23.1 Å². The number of thiophene rings is 1. The highest BCUT2D eigenvalue weighted by molar-refractivity contribution is 7.99. The highest BCUT2D eigenvalue weighted by Gasteiger charge is 2.13. The molecule has 0 unspecified atom stereocenters. The number of carbonyl (C=O) groups is 1. The number of fused-ring (bicyclic) bond motifs is 3. The van der Waals surface area contributed by atoms with Crippen molar-refractivity contribution in [1.82, 2.24) is 25.1 Å². The number of nitrogens with one attached hydrogen (secondary N) is 1. The first-order valence-electron chi connectivity index (χ1n) is 7.72. The second-order valence-electron chi connectivity index (χ2n) is 5.49. The Balaban J connectivity index is 1.47. The third-order valence-electron chi connectivity index (χ3n) is 3.86. The van der Waals surface area contributed by atoms with Crippen LogP contribution in [0.2, 0.25) is 0 Å². The summed E-state index contributed by atoms with van der Waals surface area (Å²) in [5, 5.41) is 14.9. The molecule has 0 saturated carbocycles. The van der Waals surface area contributed by atoms with Crippen molar-refractivity contribution in [2.45, 2.75) is 11.7 Å². The Morgan fingerprint density at radius 1 is 1.24 bits per heavy atom. The molecule has 0 atom stereocenters. The molecule has 4 rings (SSSR count). The number of aryl methyl sites for hydroxylation is 1. The van der Waals surface area contributed by atoms with E-state index in [0.29, 0.717) is 11.7 Å². The number of nitrogens with zero attached hydrogens (tertiary/aromatic N) is 4. The fourth-order valence-electron chi connectivity index (χ4n) is 2.63. The van der Waals surface area contributed by atoms with Crippen LogP contribution in [0.1, 0.15) is 4.88 Å². The molecule has 4 aromatic rings. The lowest BCUT2D eigenvalue weighted by atomic mass is 10.2. The Morgan fingerprint density at radius 3 is 2.96 bits per heavy atom. The first-order chi connectivity index (χ1) is 12.2. The Hall–Kier alpha value is -2.45. The third-order valence-corrected chi connectivity index (χ3v) is 5.57. The van der Waals surface area contributed by atoms with Gasteiger partial charge in [-0.2, -0.15) is 0 Å². The summed E-state index contributed by atoms with van der Waals surface area (Å²) in [6.07, 6.45) is 0. The highest BCUT2D eigenvalue weighted by Crippen LogP contribution is 2.25. The lowest BCUT2D eigenvalue weighted by Gasteiger charge is -2.03. The van der Waals surface area contributed by atoms with Crippen molar-refractivity contribution >= 4 is 51.1 Å². The summed E-state index contributed by atoms with van der Waals surface area (Å²) >= 11 is 2.92. The maximum Gasteiger partial charge on any atom is 0.230 e. The third kappa shape index (κ3) is 3.22. The Bertz CT molecular complexity index is 1040. The quantitative estimate of drug-likeness (QED) is 0.548. The maximum atomic E-state index is 12.0. The molecule has 0 radical (unpaired) electrons. The number of aromatic nitrogens is 4. The standard InChI is InChI=1S/C17H15N5OS2/c1-22-13-7-3-2-6-12(13)15-16(22)19-17(21-20-15)25-10-14(23)18-9-11-5-4-8-24-11/h2-8H,9-10H2,1H3,(H,18,23). The zero-order valence-electron chi connectivity index (χ0n) is 13.5. The number of amides is 1. The highest BCUT2D eigenvalue weighted by atomic mass is 32.2. The second kappa shape index (κ2) is 6.81. The molecule has 8 heteroatoms. The van der Waals surface area contributed by atoms with Gasteiger partial charge in [-0.05, 0) is 17.5 Å². The number of rotatable bonds is 5. The molecule has 6 nitrogen and oxygen atoms in total. The Morgan fingerprint density at radius 2 is 2.12 bits per heavy atom. The molecule has 3 heterocycles. The monoisotopic (exact) mass is 369 g/mol. The van der Waals surface area contributed by atoms with Crippen LogP contribution in [-0.2, 0) is 18.4 Å². The summed E-state index contributed by atoms with van der Waals surface area (Å²) in [6.45, 7) is 0.554. The number of benzene rings is 1. The minimum atomic E-state index is -0.0425. The number of carbonyl (C=O) groups excluding carboxylic acids is 1. The number of hydrogen-bond donors (Lipinski definition) is 1. The van der Waals surface area contributed by atoms with Crippen LogP contribution in [-0.4, -0.2) is 31.4 Å². The molecule has 3 aromatic heterocycles. The molecule has 1 aromatic carbocycles. The molecule has 0 aliphatic heterocycles. The molecular weight excluding hydrogens is 354 g/mol. The van der Waals surface area contributed by atoms with Gasteiger partial charge in [0.05, 0.1) is 17.8 Å². The normalized spacial score (nSPS) is 11.2. The second-order valence-corrected chi connectivity index (χ2v) is 7.46. The van der Waals surface area contributed by atoms with Gasteiger partial charge in [0.25, 0.3) is 0 Å². The van der Waals surface area contributed by atoms with Crippen molar-refractivity contribution < 1.29 is 4.79 Å². The van der Waals surface area contributed by atoms with Crippen molar-refractivity contribution in [3.63, 3.8) is 0 Å². The van der Waals surface area contributed by atoms with E-state index < -0.39 is 0 Å². The van der Waals surface area contributed by atoms with Gasteiger partial charge < -0.3 is 9.88 Å². The first-order valence-corrected chi connectivity index (χ1v) is 9.58. The summed E-state index contributed by atoms with van der Waals surface area (Å²) in [7, 11) is 1.96. The maximum absolute atomic E-state index is 12.0. The van der Waals surface area contributed by atoms with Crippen molar-refractivity contribution in [3.05, 3.63) is 46.7 Å². The predicted octanol–water partition coefficient (Wildman–Crippen LogP) is 2.99. The van der Waals surface area contributed by atoms with E-state index in [-0.39, 0.29) is 11.7 Å². The number of hydrogen-bond acceptors (Lipinski definition) is 6. The lowest BCUT2D eigenvalue weighted by Crippen LogP contribution is -2.24. The molecule has 0 aliphatic carbocycles. The van der Waals surface area contributed by atoms with Gasteiger partial charge in [0.2, 0.25) is 11.1 Å². The molecule has 0 spiro atoms. The largest absolute Gasteiger partial charge is 0.350 e. The minimum Gasteiger partial charge on any atom is -0.350 e. The average molecular weight is 369 g/mol. The molecule has 25 heavy (non-hydrogen) atoms. The van der Waals surface area contributed by atoms with Crippen molar-refractivity contribution in [3.8, 4) is 0 Å². The predicted molar refractivity (Wildman–Crippen MR) is 101 cm³/mol. The summed E-state index contributed by atoms with van der Waals surface area (Å²) in [6, 6.07) is 12.0. The van der Waals surface area contributed by atoms with Gasteiger partial charge in [-0.15, -0.1) is 21.5 Å². The number of para-hydroxylation sites is 1. The summed E-state index contributed by atoms with van der Waals surface area (Å²) in [5.41, 5.74) is 2.62. The van der Waals surface area contributed by atoms with E-state index in [0.717, 1.165) is 26.9 Å². The van der Waals surface area contributed by atoms with Gasteiger partial charge in [-0.3, -0.25) is 4.79 Å². The van der Waals surface area contributed by atoms with Gasteiger partial charge in [-0.1, -0.05) is 36.0 Å². The summed E-state index contributed by atoms with van der Waals surface area (Å²) < 4.78 is 2.00. The van der Waals surface area contributed by atoms with Gasteiger partial charge in [-0.25, -0.2) is 4.98 Å². The summed E-state index contributed by atoms with van der Waals surface area (Å²) in [4.78, 5) is 17.7. The lowest BCUT2D eigenvalue weighted by molar-refractivity contribution is -0.118. The van der Waals surface area contributed by atoms with Crippen molar-refractivity contribution in [2.24, 2.45) is 7.05 Å². The molecular formula is C17H15N5OS2. The van der Waals surface area contributed by atoms with E-state index in [9.17, 15) is 4.79 Å². The Kier molecular flexibility index (Phi) is 4.37. The van der Waals surface area contributed by atoms with Crippen LogP contribution in [0.5, 0.6) is 0 Å². The van der Waals surface area contributed by atoms with E-state index in [1.807, 2.05) is 53.4 Å². The molecule has 0 aliphatic rings. The van der Waals surface area contributed by atoms with Crippen molar-refractivity contribution in [1.29, 1.82) is 0 Å². The average Bonchev–Trinajstić information content (AvgIpc) is 3.26. The van der Waals surface area contributed by atoms with Crippen LogP contribution < -0.4 is 5.32 Å². The van der Waals surface area contributed by atoms with E-state index in [1.165, 1.54) is 11.8 Å². The summed E-state index contributed by atoms with van der Waals surface area (Å²) in [5.74, 6) is 0.224. The van der Waals surface area contributed by atoms with Gasteiger partial charge in [0, 0.05) is 17.3 Å². The molecule has 0 bridgehead atoms. The topological polar surface area (TPSA) is 72.7 Å². The zero-order chi connectivity index (χ0) is 17.2. The minimum absolute atomic E-state index is 0.0425. The van der Waals surface area contributed by atoms with Crippen LogP contribution in [0.4, 0.5) is 0 Å². The van der Waals surface area contributed by atoms with Crippen LogP contribution in [0, 0.1) is 0 Å². The molecule has 0 fully saturated rings. The van der Waals surface area contributed by atoms with Gasteiger partial charge in [0.1, 0.15) is 5.52 Å². The van der Waals surface area contributed by atoms with Crippen LogP contribution in [0.3, 0.4) is 0 Å². The van der Waals surface area contributed by atoms with Gasteiger partial charge in [0.15, 0.2) is 5.65 Å². The number of thioether (sulfide) groups is 1. The SMILES string of the molecule is Cn1c2ccccc2c2nnc(SCC(=O)NCc3cccs3)nc21. The van der Waals surface area contributed by atoms with Crippen molar-refractivity contribution in [2.75, 3.05) is 5.75 Å². The molecule has 1 amide bonds. The zero-order valence-corrected chi connectivity index (χ0v) is 15.1. The smallest absolute Gasteiger partial charge is 0.230 e.